The maximum atomic E-state index is 6.55. The van der Waals surface area contributed by atoms with E-state index in [0.29, 0.717) is 17.8 Å². The highest BCUT2D eigenvalue weighted by atomic mass is 16.5. The second kappa shape index (κ2) is 5.29. The average molecular weight is 338 g/mol. The Kier molecular flexibility index (Phi) is 3.15. The minimum atomic E-state index is -0.0583. The summed E-state index contributed by atoms with van der Waals surface area (Å²) >= 11 is 0. The molecule has 3 atom stereocenters. The van der Waals surface area contributed by atoms with Crippen LogP contribution in [-0.2, 0) is 7.05 Å². The van der Waals surface area contributed by atoms with Crippen molar-refractivity contribution in [3.63, 3.8) is 0 Å². The van der Waals surface area contributed by atoms with Crippen molar-refractivity contribution in [2.75, 3.05) is 7.05 Å². The van der Waals surface area contributed by atoms with Crippen molar-refractivity contribution >= 4 is 5.52 Å². The first kappa shape index (κ1) is 14.9. The summed E-state index contributed by atoms with van der Waals surface area (Å²) in [5, 5.41) is 12.1. The van der Waals surface area contributed by atoms with Crippen LogP contribution < -0.4 is 10.1 Å². The van der Waals surface area contributed by atoms with Crippen LogP contribution in [-0.4, -0.2) is 43.1 Å². The minimum Gasteiger partial charge on any atom is -0.469 e. The van der Waals surface area contributed by atoms with E-state index in [9.17, 15) is 0 Å². The standard InChI is InChI=1S/C18H22N6O/c1-19-14-4-3-13-7-18(13,8-14)25-17-16-5-6-20-24(16)11-15(22-17)12-9-21-23(2)10-12/h5-6,9-11,13-14,19H,3-4,7-8H2,1-2H3. The van der Waals surface area contributed by atoms with Crippen LogP contribution in [0.4, 0.5) is 0 Å². The second-order valence-electron chi connectivity index (χ2n) is 7.33. The van der Waals surface area contributed by atoms with Crippen LogP contribution >= 0.6 is 0 Å². The molecule has 0 spiro atoms. The molecule has 3 unspecified atom stereocenters. The van der Waals surface area contributed by atoms with Crippen LogP contribution in [0.5, 0.6) is 5.88 Å². The maximum Gasteiger partial charge on any atom is 0.241 e. The smallest absolute Gasteiger partial charge is 0.241 e. The number of rotatable bonds is 4. The van der Waals surface area contributed by atoms with Gasteiger partial charge >= 0.3 is 0 Å². The quantitative estimate of drug-likeness (QED) is 0.788. The first-order valence-corrected chi connectivity index (χ1v) is 8.86. The molecule has 2 fully saturated rings. The second-order valence-corrected chi connectivity index (χ2v) is 7.33. The lowest BCUT2D eigenvalue weighted by atomic mass is 9.93. The Morgan fingerprint density at radius 2 is 2.16 bits per heavy atom. The van der Waals surface area contributed by atoms with Crippen molar-refractivity contribution in [1.82, 2.24) is 29.7 Å². The lowest BCUT2D eigenvalue weighted by Crippen LogP contribution is -2.38. The molecular formula is C18H22N6O. The average Bonchev–Trinajstić information content (AvgIpc) is 2.94. The monoisotopic (exact) mass is 338 g/mol. The highest BCUT2D eigenvalue weighted by Gasteiger charge is 2.59. The molecule has 7 heteroatoms. The largest absolute Gasteiger partial charge is 0.469 e. The molecule has 5 rings (SSSR count). The molecule has 3 aromatic heterocycles. The number of nitrogens with zero attached hydrogens (tertiary/aromatic N) is 5. The van der Waals surface area contributed by atoms with E-state index < -0.39 is 0 Å². The third kappa shape index (κ3) is 2.41. The number of fused-ring (bicyclic) bond motifs is 2. The molecule has 0 amide bonds. The Morgan fingerprint density at radius 3 is 2.96 bits per heavy atom. The van der Waals surface area contributed by atoms with E-state index in [2.05, 4.69) is 15.5 Å². The van der Waals surface area contributed by atoms with E-state index in [4.69, 9.17) is 9.72 Å². The van der Waals surface area contributed by atoms with Gasteiger partial charge in [-0.1, -0.05) is 0 Å². The fourth-order valence-corrected chi connectivity index (χ4v) is 4.17. The minimum absolute atomic E-state index is 0.0583. The van der Waals surface area contributed by atoms with Crippen LogP contribution in [0.3, 0.4) is 0 Å². The fraction of sp³-hybridized carbons (Fsp3) is 0.500. The summed E-state index contributed by atoms with van der Waals surface area (Å²) in [6, 6.07) is 2.49. The molecule has 1 N–H and O–H groups in total. The van der Waals surface area contributed by atoms with Crippen LogP contribution in [0.2, 0.25) is 0 Å². The topological polar surface area (TPSA) is 69.3 Å². The highest BCUT2D eigenvalue weighted by Crippen LogP contribution is 2.56. The molecule has 0 aliphatic heterocycles. The third-order valence-electron chi connectivity index (χ3n) is 5.70. The van der Waals surface area contributed by atoms with Gasteiger partial charge in [0.2, 0.25) is 5.88 Å². The van der Waals surface area contributed by atoms with Crippen molar-refractivity contribution in [3.8, 4) is 17.1 Å². The number of aryl methyl sites for hydroxylation is 1. The van der Waals surface area contributed by atoms with Crippen molar-refractivity contribution < 1.29 is 4.74 Å². The summed E-state index contributed by atoms with van der Waals surface area (Å²) < 4.78 is 10.2. The van der Waals surface area contributed by atoms with E-state index in [1.165, 1.54) is 12.8 Å². The summed E-state index contributed by atoms with van der Waals surface area (Å²) in [5.74, 6) is 1.34. The van der Waals surface area contributed by atoms with Crippen molar-refractivity contribution in [3.05, 3.63) is 30.9 Å². The number of aromatic nitrogens is 5. The molecule has 3 aromatic rings. The molecule has 0 aromatic carbocycles. The molecule has 2 aliphatic rings. The predicted molar refractivity (Wildman–Crippen MR) is 93.4 cm³/mol. The molecule has 0 bridgehead atoms. The van der Waals surface area contributed by atoms with Gasteiger partial charge in [0.15, 0.2) is 0 Å². The fourth-order valence-electron chi connectivity index (χ4n) is 4.17. The first-order chi connectivity index (χ1) is 12.2. The molecule has 2 saturated carbocycles. The summed E-state index contributed by atoms with van der Waals surface area (Å²) in [5.41, 5.74) is 2.65. The van der Waals surface area contributed by atoms with Crippen molar-refractivity contribution in [2.24, 2.45) is 13.0 Å². The summed E-state index contributed by atoms with van der Waals surface area (Å²) in [4.78, 5) is 4.82. The molecule has 130 valence electrons. The number of hydrogen-bond donors (Lipinski definition) is 1. The van der Waals surface area contributed by atoms with Gasteiger partial charge in [0.25, 0.3) is 0 Å². The Bertz CT molecular complexity index is 931. The Labute approximate surface area is 146 Å². The van der Waals surface area contributed by atoms with Crippen LogP contribution in [0, 0.1) is 5.92 Å². The normalized spacial score (nSPS) is 28.1. The Balaban J connectivity index is 1.53. The summed E-state index contributed by atoms with van der Waals surface area (Å²) in [6.07, 6.45) is 12.1. The Hall–Kier alpha value is -2.41. The van der Waals surface area contributed by atoms with E-state index in [0.717, 1.165) is 29.6 Å². The molecule has 25 heavy (non-hydrogen) atoms. The highest BCUT2D eigenvalue weighted by molar-refractivity contribution is 5.64. The third-order valence-corrected chi connectivity index (χ3v) is 5.70. The zero-order chi connectivity index (χ0) is 17.0. The summed E-state index contributed by atoms with van der Waals surface area (Å²) in [7, 11) is 3.94. The molecule has 0 radical (unpaired) electrons. The SMILES string of the molecule is CNC1CCC2CC2(Oc2nc(-c3cnn(C)c3)cn3nccc23)C1. The van der Waals surface area contributed by atoms with Gasteiger partial charge in [-0.15, -0.1) is 0 Å². The summed E-state index contributed by atoms with van der Waals surface area (Å²) in [6.45, 7) is 0. The van der Waals surface area contributed by atoms with Gasteiger partial charge in [0, 0.05) is 37.2 Å². The first-order valence-electron chi connectivity index (χ1n) is 8.86. The molecule has 7 nitrogen and oxygen atoms in total. The van der Waals surface area contributed by atoms with Gasteiger partial charge in [0.1, 0.15) is 11.1 Å². The van der Waals surface area contributed by atoms with E-state index in [-0.39, 0.29) is 5.60 Å². The lowest BCUT2D eigenvalue weighted by Gasteiger charge is -2.29. The van der Waals surface area contributed by atoms with Crippen LogP contribution in [0.15, 0.2) is 30.9 Å². The molecule has 3 heterocycles. The van der Waals surface area contributed by atoms with Crippen molar-refractivity contribution in [1.29, 1.82) is 0 Å². The van der Waals surface area contributed by atoms with Crippen LogP contribution in [0.1, 0.15) is 25.7 Å². The van der Waals surface area contributed by atoms with Gasteiger partial charge in [-0.25, -0.2) is 9.50 Å². The zero-order valence-electron chi connectivity index (χ0n) is 14.5. The maximum absolute atomic E-state index is 6.55. The van der Waals surface area contributed by atoms with E-state index >= 15 is 0 Å². The van der Waals surface area contributed by atoms with Gasteiger partial charge in [-0.2, -0.15) is 10.2 Å². The number of nitrogens with one attached hydrogen (secondary N) is 1. The zero-order valence-corrected chi connectivity index (χ0v) is 14.5. The molecular weight excluding hydrogens is 316 g/mol. The van der Waals surface area contributed by atoms with E-state index in [1.807, 2.05) is 43.3 Å². The van der Waals surface area contributed by atoms with Gasteiger partial charge in [0.05, 0.1) is 24.3 Å². The van der Waals surface area contributed by atoms with Gasteiger partial charge < -0.3 is 10.1 Å². The van der Waals surface area contributed by atoms with E-state index in [1.54, 1.807) is 10.9 Å². The van der Waals surface area contributed by atoms with Crippen LogP contribution in [0.25, 0.3) is 16.8 Å². The molecule has 0 saturated heterocycles. The number of hydrogen-bond acceptors (Lipinski definition) is 5. The van der Waals surface area contributed by atoms with Crippen molar-refractivity contribution in [2.45, 2.75) is 37.3 Å². The molecule has 2 aliphatic carbocycles. The lowest BCUT2D eigenvalue weighted by molar-refractivity contribution is 0.108. The number of ether oxygens (including phenoxy) is 1. The predicted octanol–water partition coefficient (Wildman–Crippen LogP) is 2.04. The Morgan fingerprint density at radius 1 is 1.24 bits per heavy atom. The van der Waals surface area contributed by atoms with Gasteiger partial charge in [-0.05, 0) is 32.4 Å². The van der Waals surface area contributed by atoms with Gasteiger partial charge in [-0.3, -0.25) is 4.68 Å².